The molecule has 0 amide bonds. The maximum atomic E-state index is 10.7. The topological polar surface area (TPSA) is 100 Å². The third kappa shape index (κ3) is 2.46. The predicted molar refractivity (Wildman–Crippen MR) is 66.7 cm³/mol. The minimum Gasteiger partial charge on any atom is -0.417 e. The van der Waals surface area contributed by atoms with Gasteiger partial charge in [0.15, 0.2) is 0 Å². The minimum atomic E-state index is -0.497. The van der Waals surface area contributed by atoms with Gasteiger partial charge in [-0.05, 0) is 11.6 Å². The van der Waals surface area contributed by atoms with Gasteiger partial charge in [-0.3, -0.25) is 20.2 Å². The van der Waals surface area contributed by atoms with Crippen LogP contribution in [0.3, 0.4) is 0 Å². The van der Waals surface area contributed by atoms with E-state index in [9.17, 15) is 20.2 Å². The van der Waals surface area contributed by atoms with Crippen molar-refractivity contribution in [2.75, 3.05) is 13.7 Å². The summed E-state index contributed by atoms with van der Waals surface area (Å²) < 4.78 is 1.37. The highest BCUT2D eigenvalue weighted by Gasteiger charge is 2.15. The van der Waals surface area contributed by atoms with Crippen molar-refractivity contribution in [2.24, 2.45) is 0 Å². The van der Waals surface area contributed by atoms with Crippen LogP contribution in [-0.4, -0.2) is 28.2 Å². The van der Waals surface area contributed by atoms with Crippen LogP contribution in [0.1, 0.15) is 5.56 Å². The number of rotatable bonds is 5. The van der Waals surface area contributed by atoms with Crippen LogP contribution in [0.4, 0.5) is 5.69 Å². The molecule has 0 fully saturated rings. The molecule has 0 unspecified atom stereocenters. The summed E-state index contributed by atoms with van der Waals surface area (Å²) in [5.41, 5.74) is 1.20. The summed E-state index contributed by atoms with van der Waals surface area (Å²) in [4.78, 5) is 25.3. The van der Waals surface area contributed by atoms with Crippen LogP contribution in [0.15, 0.2) is 24.4 Å². The highest BCUT2D eigenvalue weighted by Crippen LogP contribution is 2.25. The van der Waals surface area contributed by atoms with Gasteiger partial charge in [-0.2, -0.15) is 4.73 Å². The quantitative estimate of drug-likeness (QED) is 0.601. The summed E-state index contributed by atoms with van der Waals surface area (Å²) in [6.45, 7) is -0.195. The number of benzene rings is 1. The summed E-state index contributed by atoms with van der Waals surface area (Å²) in [7, 11) is 1.43. The van der Waals surface area contributed by atoms with E-state index in [0.717, 1.165) is 5.56 Å². The van der Waals surface area contributed by atoms with E-state index < -0.39 is 9.85 Å². The first-order valence-corrected chi connectivity index (χ1v) is 5.47. The van der Waals surface area contributed by atoms with E-state index in [2.05, 4.69) is 0 Å². The van der Waals surface area contributed by atoms with E-state index >= 15 is 0 Å². The van der Waals surface area contributed by atoms with Crippen LogP contribution in [0.25, 0.3) is 10.9 Å². The molecule has 0 spiro atoms. The predicted octanol–water partition coefficient (Wildman–Crippen LogP) is 1.43. The van der Waals surface area contributed by atoms with Crippen LogP contribution in [0.5, 0.6) is 0 Å². The van der Waals surface area contributed by atoms with Gasteiger partial charge in [0.2, 0.25) is 6.54 Å². The number of hydrogen-bond acceptors (Lipinski definition) is 5. The maximum absolute atomic E-state index is 10.7. The molecule has 1 heterocycles. The number of non-ortho nitro benzene ring substituents is 1. The molecular formula is C11H11N3O5. The molecule has 2 aromatic rings. The van der Waals surface area contributed by atoms with E-state index in [1.54, 1.807) is 12.3 Å². The summed E-state index contributed by atoms with van der Waals surface area (Å²) in [6.07, 6.45) is 1.86. The van der Waals surface area contributed by atoms with E-state index in [0.29, 0.717) is 10.9 Å². The van der Waals surface area contributed by atoms with Gasteiger partial charge in [-0.15, -0.1) is 0 Å². The molecule has 0 atom stereocenters. The van der Waals surface area contributed by atoms with Crippen molar-refractivity contribution in [3.05, 3.63) is 50.2 Å². The van der Waals surface area contributed by atoms with Crippen molar-refractivity contribution in [2.45, 2.75) is 6.42 Å². The molecule has 0 radical (unpaired) electrons. The molecular weight excluding hydrogens is 254 g/mol. The van der Waals surface area contributed by atoms with Crippen LogP contribution in [-0.2, 0) is 6.42 Å². The molecule has 0 N–H and O–H groups in total. The number of fused-ring (bicyclic) bond motifs is 1. The molecule has 0 saturated carbocycles. The van der Waals surface area contributed by atoms with Crippen LogP contribution in [0, 0.1) is 20.2 Å². The molecule has 19 heavy (non-hydrogen) atoms. The highest BCUT2D eigenvalue weighted by atomic mass is 16.6. The fourth-order valence-electron chi connectivity index (χ4n) is 1.93. The fourth-order valence-corrected chi connectivity index (χ4v) is 1.93. The molecule has 8 nitrogen and oxygen atoms in total. The second-order valence-electron chi connectivity index (χ2n) is 3.93. The van der Waals surface area contributed by atoms with Crippen molar-refractivity contribution in [1.29, 1.82) is 0 Å². The number of aromatic nitrogens is 1. The monoisotopic (exact) mass is 265 g/mol. The lowest BCUT2D eigenvalue weighted by molar-refractivity contribution is -0.479. The molecule has 1 aromatic heterocycles. The van der Waals surface area contributed by atoms with Crippen LogP contribution >= 0.6 is 0 Å². The van der Waals surface area contributed by atoms with E-state index in [1.807, 2.05) is 0 Å². The molecule has 0 bridgehead atoms. The highest BCUT2D eigenvalue weighted by molar-refractivity contribution is 5.85. The second kappa shape index (κ2) is 4.92. The maximum Gasteiger partial charge on any atom is 0.271 e. The normalized spacial score (nSPS) is 10.6. The van der Waals surface area contributed by atoms with Crippen LogP contribution < -0.4 is 4.84 Å². The van der Waals surface area contributed by atoms with Gasteiger partial charge in [-0.1, -0.05) is 0 Å². The lowest BCUT2D eigenvalue weighted by Gasteiger charge is -2.00. The zero-order valence-corrected chi connectivity index (χ0v) is 10.1. The Morgan fingerprint density at radius 3 is 2.63 bits per heavy atom. The lowest BCUT2D eigenvalue weighted by Crippen LogP contribution is -2.05. The molecule has 0 aliphatic heterocycles. The summed E-state index contributed by atoms with van der Waals surface area (Å²) in [5.74, 6) is 0. The van der Waals surface area contributed by atoms with Gasteiger partial charge in [-0.25, -0.2) is 0 Å². The summed E-state index contributed by atoms with van der Waals surface area (Å²) >= 11 is 0. The van der Waals surface area contributed by atoms with E-state index in [-0.39, 0.29) is 18.7 Å². The Bertz CT molecular complexity index is 649. The SMILES string of the molecule is COn1cc(CC[N+](=O)[O-])c2ccc([N+](=O)[O-])cc21. The number of nitrogens with zero attached hydrogens (tertiary/aromatic N) is 3. The van der Waals surface area contributed by atoms with Gasteiger partial charge in [0.1, 0.15) is 7.11 Å². The largest absolute Gasteiger partial charge is 0.417 e. The van der Waals surface area contributed by atoms with E-state index in [4.69, 9.17) is 4.84 Å². The molecule has 100 valence electrons. The third-order valence-electron chi connectivity index (χ3n) is 2.81. The van der Waals surface area contributed by atoms with Gasteiger partial charge in [0.05, 0.1) is 10.4 Å². The molecule has 0 saturated heterocycles. The zero-order chi connectivity index (χ0) is 14.0. The smallest absolute Gasteiger partial charge is 0.271 e. The first-order valence-electron chi connectivity index (χ1n) is 5.47. The second-order valence-corrected chi connectivity index (χ2v) is 3.93. The first kappa shape index (κ1) is 12.8. The Morgan fingerprint density at radius 2 is 2.05 bits per heavy atom. The Kier molecular flexibility index (Phi) is 3.32. The Morgan fingerprint density at radius 1 is 1.32 bits per heavy atom. The Labute approximate surface area is 107 Å². The van der Waals surface area contributed by atoms with Crippen molar-refractivity contribution in [3.63, 3.8) is 0 Å². The number of hydrogen-bond donors (Lipinski definition) is 0. The average Bonchev–Trinajstić information content (AvgIpc) is 2.73. The first-order chi connectivity index (χ1) is 9.02. The Hall–Kier alpha value is -2.64. The molecule has 0 aliphatic carbocycles. The fraction of sp³-hybridized carbons (Fsp3) is 0.273. The van der Waals surface area contributed by atoms with Gasteiger partial charge < -0.3 is 4.84 Å². The molecule has 1 aromatic carbocycles. The number of nitro benzene ring substituents is 1. The molecule has 2 rings (SSSR count). The Balaban J connectivity index is 2.49. The van der Waals surface area contributed by atoms with Crippen LogP contribution in [0.2, 0.25) is 0 Å². The zero-order valence-electron chi connectivity index (χ0n) is 10.1. The standard InChI is InChI=1S/C11H11N3O5/c1-19-12-7-8(4-5-13(15)16)10-3-2-9(14(17)18)6-11(10)12/h2-3,6-7H,4-5H2,1H3. The summed E-state index contributed by atoms with van der Waals surface area (Å²) in [6, 6.07) is 4.34. The van der Waals surface area contributed by atoms with Gasteiger partial charge in [0.25, 0.3) is 5.69 Å². The number of nitro groups is 2. The van der Waals surface area contributed by atoms with Crippen molar-refractivity contribution in [3.8, 4) is 0 Å². The minimum absolute atomic E-state index is 0.0512. The third-order valence-corrected chi connectivity index (χ3v) is 2.81. The van der Waals surface area contributed by atoms with Crippen molar-refractivity contribution in [1.82, 2.24) is 4.73 Å². The van der Waals surface area contributed by atoms with E-state index in [1.165, 1.54) is 24.0 Å². The lowest BCUT2D eigenvalue weighted by atomic mass is 10.1. The van der Waals surface area contributed by atoms with Crippen molar-refractivity contribution < 1.29 is 14.7 Å². The molecule has 0 aliphatic rings. The van der Waals surface area contributed by atoms with Crippen molar-refractivity contribution >= 4 is 16.6 Å². The summed E-state index contributed by atoms with van der Waals surface area (Å²) in [5, 5.41) is 21.9. The van der Waals surface area contributed by atoms with Gasteiger partial charge in [0, 0.05) is 35.1 Å². The molecule has 8 heteroatoms. The van der Waals surface area contributed by atoms with Gasteiger partial charge >= 0.3 is 0 Å². The average molecular weight is 265 g/mol.